The Morgan fingerprint density at radius 1 is 1.22 bits per heavy atom. The molecule has 27 heavy (non-hydrogen) atoms. The lowest BCUT2D eigenvalue weighted by molar-refractivity contribution is -0.225. The molecule has 1 aliphatic carbocycles. The van der Waals surface area contributed by atoms with Crippen LogP contribution in [0.2, 0.25) is 0 Å². The molecule has 1 N–H and O–H groups in total. The van der Waals surface area contributed by atoms with E-state index in [0.29, 0.717) is 38.6 Å². The van der Waals surface area contributed by atoms with Gasteiger partial charge in [0.1, 0.15) is 5.75 Å². The molecule has 4 rings (SSSR count). The highest BCUT2D eigenvalue weighted by Crippen LogP contribution is 2.40. The van der Waals surface area contributed by atoms with E-state index in [1.807, 2.05) is 4.90 Å². The largest absolute Gasteiger partial charge is 0.462 e. The quantitative estimate of drug-likeness (QED) is 0.758. The van der Waals surface area contributed by atoms with Crippen LogP contribution >= 0.6 is 11.8 Å². The van der Waals surface area contributed by atoms with Crippen LogP contribution < -0.4 is 10.1 Å². The number of hydrogen-bond acceptors (Lipinski definition) is 4. The Morgan fingerprint density at radius 2 is 1.96 bits per heavy atom. The standard InChI is InChI=1S/C21H30N2O3S/c1-15-12-18(27-2)13-16-14-25-21(26-19(15)16)8-10-23(11-9-21)20(24)22-17-6-4-3-5-7-17/h12-13,17H,3-11,14H2,1-2H3,(H,22,24). The zero-order chi connectivity index (χ0) is 18.9. The number of hydrogen-bond donors (Lipinski definition) is 1. The number of amides is 2. The molecule has 6 heteroatoms. The van der Waals surface area contributed by atoms with Gasteiger partial charge in [-0.1, -0.05) is 19.3 Å². The number of carbonyl (C=O) groups is 1. The third-order valence-electron chi connectivity index (χ3n) is 6.08. The molecule has 1 spiro atoms. The minimum atomic E-state index is -0.583. The van der Waals surface area contributed by atoms with Gasteiger partial charge in [0.2, 0.25) is 5.79 Å². The van der Waals surface area contributed by atoms with Gasteiger partial charge in [0.25, 0.3) is 0 Å². The molecule has 1 saturated carbocycles. The van der Waals surface area contributed by atoms with Crippen molar-refractivity contribution < 1.29 is 14.3 Å². The first-order chi connectivity index (χ1) is 13.1. The van der Waals surface area contributed by atoms with E-state index in [0.717, 1.165) is 29.7 Å². The topological polar surface area (TPSA) is 50.8 Å². The number of nitrogens with zero attached hydrogens (tertiary/aromatic N) is 1. The highest BCUT2D eigenvalue weighted by atomic mass is 32.2. The Kier molecular flexibility index (Phi) is 5.55. The Bertz CT molecular complexity index is 695. The number of benzene rings is 1. The van der Waals surface area contributed by atoms with Gasteiger partial charge in [0.15, 0.2) is 0 Å². The fourth-order valence-corrected chi connectivity index (χ4v) is 4.97. The summed E-state index contributed by atoms with van der Waals surface area (Å²) >= 11 is 1.74. The summed E-state index contributed by atoms with van der Waals surface area (Å²) in [6.07, 6.45) is 9.50. The molecule has 1 aromatic carbocycles. The van der Waals surface area contributed by atoms with Gasteiger partial charge in [-0.25, -0.2) is 4.79 Å². The molecule has 3 aliphatic rings. The van der Waals surface area contributed by atoms with Crippen LogP contribution in [-0.2, 0) is 11.3 Å². The van der Waals surface area contributed by atoms with Crippen molar-refractivity contribution in [3.05, 3.63) is 23.3 Å². The van der Waals surface area contributed by atoms with Crippen molar-refractivity contribution in [3.8, 4) is 5.75 Å². The predicted molar refractivity (Wildman–Crippen MR) is 107 cm³/mol. The molecule has 148 valence electrons. The molecule has 0 radical (unpaired) electrons. The van der Waals surface area contributed by atoms with E-state index in [1.54, 1.807) is 11.8 Å². The molecule has 2 aliphatic heterocycles. The summed E-state index contributed by atoms with van der Waals surface area (Å²) in [6, 6.07) is 4.76. The Hall–Kier alpha value is -1.40. The highest BCUT2D eigenvalue weighted by Gasteiger charge is 2.42. The van der Waals surface area contributed by atoms with Crippen LogP contribution in [0.3, 0.4) is 0 Å². The maximum Gasteiger partial charge on any atom is 0.317 e. The summed E-state index contributed by atoms with van der Waals surface area (Å²) in [5, 5.41) is 3.22. The molecule has 1 saturated heterocycles. The van der Waals surface area contributed by atoms with Crippen molar-refractivity contribution in [2.45, 2.75) is 75.2 Å². The second kappa shape index (κ2) is 7.92. The third kappa shape index (κ3) is 4.06. The fourth-order valence-electron chi connectivity index (χ4n) is 4.42. The van der Waals surface area contributed by atoms with Gasteiger partial charge < -0.3 is 19.7 Å². The zero-order valence-corrected chi connectivity index (χ0v) is 17.2. The lowest BCUT2D eigenvalue weighted by Crippen LogP contribution is -2.55. The monoisotopic (exact) mass is 390 g/mol. The van der Waals surface area contributed by atoms with Crippen molar-refractivity contribution in [3.63, 3.8) is 0 Å². The first kappa shape index (κ1) is 18.9. The van der Waals surface area contributed by atoms with Gasteiger partial charge in [-0.05, 0) is 43.7 Å². The van der Waals surface area contributed by atoms with Crippen LogP contribution in [0.5, 0.6) is 5.75 Å². The van der Waals surface area contributed by atoms with Gasteiger partial charge in [-0.3, -0.25) is 0 Å². The number of urea groups is 1. The average molecular weight is 391 g/mol. The number of fused-ring (bicyclic) bond motifs is 1. The molecular weight excluding hydrogens is 360 g/mol. The number of piperidine rings is 1. The SMILES string of the molecule is CSc1cc(C)c2c(c1)COC1(CCN(C(=O)NC3CCCCC3)CC1)O2. The molecule has 0 aromatic heterocycles. The van der Waals surface area contributed by atoms with Gasteiger partial charge in [0, 0.05) is 42.4 Å². The van der Waals surface area contributed by atoms with Crippen molar-refractivity contribution in [2.75, 3.05) is 19.3 Å². The van der Waals surface area contributed by atoms with E-state index >= 15 is 0 Å². The molecule has 5 nitrogen and oxygen atoms in total. The number of carbonyl (C=O) groups excluding carboxylic acids is 1. The maximum absolute atomic E-state index is 12.6. The van der Waals surface area contributed by atoms with Crippen LogP contribution in [0.15, 0.2) is 17.0 Å². The summed E-state index contributed by atoms with van der Waals surface area (Å²) in [5.74, 6) is 0.388. The average Bonchev–Trinajstić information content (AvgIpc) is 2.70. The summed E-state index contributed by atoms with van der Waals surface area (Å²) in [5.41, 5.74) is 2.29. The summed E-state index contributed by atoms with van der Waals surface area (Å²) in [4.78, 5) is 15.8. The number of thioether (sulfide) groups is 1. The minimum Gasteiger partial charge on any atom is -0.462 e. The number of likely N-dealkylation sites (tertiary alicyclic amines) is 1. The molecular formula is C21H30N2O3S. The number of rotatable bonds is 2. The van der Waals surface area contributed by atoms with Crippen LogP contribution in [0.1, 0.15) is 56.1 Å². The molecule has 0 bridgehead atoms. The van der Waals surface area contributed by atoms with Crippen LogP contribution in [0.4, 0.5) is 4.79 Å². The second-order valence-electron chi connectivity index (χ2n) is 8.01. The van der Waals surface area contributed by atoms with Gasteiger partial charge >= 0.3 is 6.03 Å². The summed E-state index contributed by atoms with van der Waals surface area (Å²) in [7, 11) is 0. The Morgan fingerprint density at radius 3 is 2.67 bits per heavy atom. The first-order valence-electron chi connectivity index (χ1n) is 10.1. The van der Waals surface area contributed by atoms with E-state index in [-0.39, 0.29) is 6.03 Å². The number of nitrogens with one attached hydrogen (secondary N) is 1. The number of ether oxygens (including phenoxy) is 2. The van der Waals surface area contributed by atoms with Gasteiger partial charge in [0.05, 0.1) is 6.61 Å². The molecule has 2 fully saturated rings. The fraction of sp³-hybridized carbons (Fsp3) is 0.667. The maximum atomic E-state index is 12.6. The summed E-state index contributed by atoms with van der Waals surface area (Å²) < 4.78 is 12.6. The highest BCUT2D eigenvalue weighted by molar-refractivity contribution is 7.98. The Balaban J connectivity index is 1.37. The molecule has 1 aromatic rings. The van der Waals surface area contributed by atoms with Crippen molar-refractivity contribution in [2.24, 2.45) is 0 Å². The third-order valence-corrected chi connectivity index (χ3v) is 6.79. The van der Waals surface area contributed by atoms with E-state index in [2.05, 4.69) is 30.6 Å². The van der Waals surface area contributed by atoms with E-state index in [1.165, 1.54) is 24.2 Å². The smallest absolute Gasteiger partial charge is 0.317 e. The molecule has 2 heterocycles. The Labute approximate surface area is 166 Å². The predicted octanol–water partition coefficient (Wildman–Crippen LogP) is 4.46. The van der Waals surface area contributed by atoms with Crippen LogP contribution in [0, 0.1) is 6.92 Å². The number of aryl methyl sites for hydroxylation is 1. The van der Waals surface area contributed by atoms with Gasteiger partial charge in [-0.2, -0.15) is 0 Å². The van der Waals surface area contributed by atoms with Crippen molar-refractivity contribution >= 4 is 17.8 Å². The van der Waals surface area contributed by atoms with Crippen molar-refractivity contribution in [1.29, 1.82) is 0 Å². The van der Waals surface area contributed by atoms with E-state index < -0.39 is 5.79 Å². The van der Waals surface area contributed by atoms with Crippen LogP contribution in [-0.4, -0.2) is 42.1 Å². The van der Waals surface area contributed by atoms with Crippen molar-refractivity contribution in [1.82, 2.24) is 10.2 Å². The second-order valence-corrected chi connectivity index (χ2v) is 8.89. The molecule has 0 unspecified atom stereocenters. The minimum absolute atomic E-state index is 0.0775. The van der Waals surface area contributed by atoms with Crippen LogP contribution in [0.25, 0.3) is 0 Å². The normalized spacial score (nSPS) is 22.2. The lowest BCUT2D eigenvalue weighted by atomic mass is 9.95. The summed E-state index contributed by atoms with van der Waals surface area (Å²) in [6.45, 7) is 4.04. The van der Waals surface area contributed by atoms with E-state index in [4.69, 9.17) is 9.47 Å². The van der Waals surface area contributed by atoms with Gasteiger partial charge in [-0.15, -0.1) is 11.8 Å². The lowest BCUT2D eigenvalue weighted by Gasteiger charge is -2.44. The first-order valence-corrected chi connectivity index (χ1v) is 11.4. The molecule has 0 atom stereocenters. The zero-order valence-electron chi connectivity index (χ0n) is 16.4. The van der Waals surface area contributed by atoms with E-state index in [9.17, 15) is 4.79 Å². The molecule has 2 amide bonds.